The predicted molar refractivity (Wildman–Crippen MR) is 249 cm³/mol. The average molecular weight is 1630 g/mol. The molecule has 472 valence electrons. The van der Waals surface area contributed by atoms with Crippen molar-refractivity contribution in [2.24, 2.45) is 11.5 Å². The van der Waals surface area contributed by atoms with Crippen molar-refractivity contribution in [2.45, 2.75) is 62.9 Å². The van der Waals surface area contributed by atoms with Gasteiger partial charge in [-0.2, -0.15) is 0 Å². The Labute approximate surface area is 709 Å². The van der Waals surface area contributed by atoms with E-state index in [2.05, 4.69) is 26.6 Å². The molecule has 0 aromatic carbocycles. The maximum absolute atomic E-state index is 13.0. The summed E-state index contributed by atoms with van der Waals surface area (Å²) >= 11 is 0. The van der Waals surface area contributed by atoms with Gasteiger partial charge >= 0.3 is 257 Å². The number of carboxylic acid groups (broad SMARTS) is 8. The summed E-state index contributed by atoms with van der Waals surface area (Å²) in [6, 6.07) is -3.52. The quantitative estimate of drug-likeness (QED) is 0.0169. The van der Waals surface area contributed by atoms with E-state index in [1.807, 2.05) is 0 Å². The number of nitrogens with one attached hydrogen (secondary N) is 5. The summed E-state index contributed by atoms with van der Waals surface area (Å²) in [7, 11) is -5.82. The molecule has 0 aromatic rings. The van der Waals surface area contributed by atoms with Crippen LogP contribution in [0.5, 0.6) is 0 Å². The minimum Gasteiger partial charge on any atom is -0.810 e. The fourth-order valence-corrected chi connectivity index (χ4v) is 8.60. The molecule has 2 radical (unpaired) electrons. The summed E-state index contributed by atoms with van der Waals surface area (Å²) in [5.74, 6) is -19.9. The molecule has 9 N–H and O–H groups in total. The van der Waals surface area contributed by atoms with Crippen LogP contribution >= 0.6 is 7.60 Å². The first kappa shape index (κ1) is 109. The third kappa shape index (κ3) is 58.3. The molecule has 46 heteroatoms. The molecule has 37 nitrogen and oxygen atoms in total. The summed E-state index contributed by atoms with van der Waals surface area (Å²) in [5, 5.41) is 101. The second-order valence-electron chi connectivity index (χ2n) is 18.0. The van der Waals surface area contributed by atoms with Crippen molar-refractivity contribution in [2.75, 3.05) is 131 Å². The maximum atomic E-state index is 13.0. The molecule has 4 unspecified atom stereocenters. The Kier molecular flexibility index (Phi) is 75.9. The van der Waals surface area contributed by atoms with E-state index in [1.54, 1.807) is 11.8 Å². The third-order valence-corrected chi connectivity index (χ3v) is 12.7. The molecule has 4 atom stereocenters. The molecule has 0 aliphatic carbocycles. The molecule has 0 aliphatic rings. The van der Waals surface area contributed by atoms with E-state index in [1.165, 1.54) is 0 Å². The monoisotopic (exact) mass is 1630 g/mol. The van der Waals surface area contributed by atoms with Crippen LogP contribution < -0.4 is 266 Å². The Bertz CT molecular complexity index is 2090. The topological polar surface area (TPSA) is 601 Å². The van der Waals surface area contributed by atoms with Gasteiger partial charge in [0.15, 0.2) is 0 Å². The SMILES string of the molecule is CC(CCC(=O)NCC(N)C(=O)NCCC(=O)NC(CNC(=O)CCC(N(CCN(CC(=O)[O-])CC(=O)[O-])CCN(CC(=O)[O-])CC(=O)[O-])P(=O)([O-])[O-])C(=O)NCN)N(CCN(CC(=O)[O-])CC(=O)[O-])CCN(CC(=O)[O-])CC(=O)[O-].[Gd+3].[Gd+3].[Na+].[Na+].[Na+].[Na+].[Na+].[Na+]. The number of rotatable bonds is 48. The van der Waals surface area contributed by atoms with Crippen LogP contribution in [0, 0.1) is 79.9 Å². The Morgan fingerprint density at radius 1 is 0.427 bits per heavy atom. The Balaban J connectivity index is -0.00000114. The number of carboxylic acids is 8. The Morgan fingerprint density at radius 3 is 1.06 bits per heavy atom. The average Bonchev–Trinajstić information content (AvgIpc) is 3.32. The van der Waals surface area contributed by atoms with E-state index in [0.29, 0.717) is 0 Å². The second-order valence-corrected chi connectivity index (χ2v) is 19.6. The van der Waals surface area contributed by atoms with Crippen molar-refractivity contribution in [1.29, 1.82) is 0 Å². The van der Waals surface area contributed by atoms with Crippen molar-refractivity contribution < 1.29 is 375 Å². The minimum absolute atomic E-state index is 0. The van der Waals surface area contributed by atoms with E-state index < -0.39 is 233 Å². The van der Waals surface area contributed by atoms with Crippen LogP contribution in [0.1, 0.15) is 39.0 Å². The summed E-state index contributed by atoms with van der Waals surface area (Å²) in [5.41, 5.74) is 11.3. The zero-order valence-electron chi connectivity index (χ0n) is 50.8. The van der Waals surface area contributed by atoms with Crippen molar-refractivity contribution >= 4 is 84.9 Å². The van der Waals surface area contributed by atoms with Gasteiger partial charge in [0.25, 0.3) is 0 Å². The van der Waals surface area contributed by atoms with E-state index in [4.69, 9.17) is 11.5 Å². The zero-order chi connectivity index (χ0) is 62.0. The van der Waals surface area contributed by atoms with Gasteiger partial charge in [-0.05, 0) is 27.4 Å². The summed E-state index contributed by atoms with van der Waals surface area (Å²) in [6.45, 7) is -10.6. The molecule has 89 heavy (non-hydrogen) atoms. The Hall–Kier alpha value is 1.59. The van der Waals surface area contributed by atoms with Crippen molar-refractivity contribution in [3.8, 4) is 0 Å². The molecule has 0 aliphatic heterocycles. The van der Waals surface area contributed by atoms with Gasteiger partial charge in [0.1, 0.15) is 12.1 Å². The first-order chi connectivity index (χ1) is 37.7. The van der Waals surface area contributed by atoms with Gasteiger partial charge in [-0.3, -0.25) is 53.4 Å². The van der Waals surface area contributed by atoms with Gasteiger partial charge in [-0.25, -0.2) is 0 Å². The molecular weight excluding hydrogens is 1570 g/mol. The number of carbonyl (C=O) groups is 13. The molecule has 0 saturated carbocycles. The van der Waals surface area contributed by atoms with Crippen LogP contribution in [0.25, 0.3) is 0 Å². The van der Waals surface area contributed by atoms with E-state index in [0.717, 1.165) is 24.5 Å². The molecular formula is C43H66Gd2N13Na6O24P+2. The molecule has 0 saturated heterocycles. The number of hydrogen-bond donors (Lipinski definition) is 7. The van der Waals surface area contributed by atoms with Crippen LogP contribution in [0.3, 0.4) is 0 Å². The molecule has 0 aromatic heterocycles. The standard InChI is InChI=1S/C43H76N13O24P.2Gd.6Na/c1-27(55(12-8-51(18-34(60)61)19-35(62)63)13-9-52(20-36(64)65)21-37(66)67)2-3-30(57)47-16-28(45)42(76)46-7-6-32(59)50-29(43(77)49-26-44)17-48-31(58)4-5-33(81(78,79)80)56(14-10-53(22-38(68)69)23-39(70)71)15-11-54(24-40(72)73)25-41(74)75;;;;;;;;/h27-29,33H,2-26,44-45H2,1H3,(H,46,76)(H,47,57)(H,48,58)(H,49,77)(H,50,59)(H,60,61)(H,62,63)(H,64,65)(H,66,67)(H,68,69)(H,70,71)(H,72,73)(H,74,75)(H2,78,79,80);;;;;;;;/q;2*+3;6*+1/p-10. The van der Waals surface area contributed by atoms with Gasteiger partial charge in [0.2, 0.25) is 29.5 Å². The second kappa shape index (κ2) is 61.9. The number of aliphatic carboxylic acids is 8. The number of carbonyl (C=O) groups excluding carboxylic acids is 13. The molecule has 0 fully saturated rings. The predicted octanol–water partition coefficient (Wildman–Crippen LogP) is -38.4. The number of amides is 5. The Morgan fingerprint density at radius 2 is 0.742 bits per heavy atom. The number of hydrogen-bond acceptors (Lipinski definition) is 32. The van der Waals surface area contributed by atoms with Crippen LogP contribution in [0.4, 0.5) is 0 Å². The summed E-state index contributed by atoms with van der Waals surface area (Å²) in [4.78, 5) is 185. The molecule has 5 amide bonds. The minimum atomic E-state index is -5.82. The van der Waals surface area contributed by atoms with Crippen molar-refractivity contribution in [3.05, 3.63) is 0 Å². The fourth-order valence-electron chi connectivity index (χ4n) is 7.52. The number of nitrogens with zero attached hydrogens (tertiary/aromatic N) is 6. The van der Waals surface area contributed by atoms with Gasteiger partial charge in [0.05, 0.1) is 54.4 Å². The first-order valence-electron chi connectivity index (χ1n) is 24.5. The third-order valence-electron chi connectivity index (χ3n) is 11.4. The largest absolute Gasteiger partial charge is 3.00 e. The van der Waals surface area contributed by atoms with Gasteiger partial charge < -0.3 is 132 Å². The van der Waals surface area contributed by atoms with Gasteiger partial charge in [-0.1, -0.05) is 0 Å². The maximum Gasteiger partial charge on any atom is 3.00 e. The fraction of sp³-hybridized carbons (Fsp3) is 0.698. The van der Waals surface area contributed by atoms with Gasteiger partial charge in [-0.15, -0.1) is 0 Å². The normalized spacial score (nSPS) is 11.9. The van der Waals surface area contributed by atoms with Crippen LogP contribution in [0.2, 0.25) is 0 Å². The first-order valence-corrected chi connectivity index (χ1v) is 26.2. The molecule has 0 bridgehead atoms. The summed E-state index contributed by atoms with van der Waals surface area (Å²) in [6.07, 6.45) is -2.31. The molecule has 0 spiro atoms. The van der Waals surface area contributed by atoms with Crippen LogP contribution in [-0.2, 0) is 66.9 Å². The van der Waals surface area contributed by atoms with Crippen molar-refractivity contribution in [3.63, 3.8) is 0 Å². The smallest absolute Gasteiger partial charge is 0.810 e. The van der Waals surface area contributed by atoms with E-state index in [9.17, 15) is 118 Å². The zero-order valence-corrected chi connectivity index (χ0v) is 68.2. The van der Waals surface area contributed by atoms with Crippen molar-refractivity contribution in [1.82, 2.24) is 56.0 Å². The van der Waals surface area contributed by atoms with Gasteiger partial charge in [0, 0.05) is 155 Å². The van der Waals surface area contributed by atoms with E-state index in [-0.39, 0.29) is 296 Å². The summed E-state index contributed by atoms with van der Waals surface area (Å²) < 4.78 is 12.6. The van der Waals surface area contributed by atoms with Crippen LogP contribution in [0.15, 0.2) is 0 Å². The van der Waals surface area contributed by atoms with E-state index >= 15 is 0 Å². The number of nitrogens with two attached hydrogens (primary N) is 2. The molecule has 0 rings (SSSR count). The van der Waals surface area contributed by atoms with Crippen LogP contribution in [-0.4, -0.2) is 262 Å². The molecule has 0 heterocycles.